The van der Waals surface area contributed by atoms with Crippen LogP contribution >= 0.6 is 0 Å². The summed E-state index contributed by atoms with van der Waals surface area (Å²) in [7, 11) is 0. The molecule has 1 atom stereocenters. The zero-order chi connectivity index (χ0) is 22.8. The van der Waals surface area contributed by atoms with Gasteiger partial charge in [-0.1, -0.05) is 32.4 Å². The highest BCUT2D eigenvalue weighted by molar-refractivity contribution is 5.80. The van der Waals surface area contributed by atoms with Crippen molar-refractivity contribution in [3.63, 3.8) is 0 Å². The molecule has 0 spiro atoms. The van der Waals surface area contributed by atoms with Crippen LogP contribution in [0.3, 0.4) is 0 Å². The average Bonchev–Trinajstić information content (AvgIpc) is 3.01. The number of ether oxygens (including phenoxy) is 1. The molecule has 0 saturated heterocycles. The topological polar surface area (TPSA) is 76.4 Å². The maximum Gasteiger partial charge on any atom is 0.191 e. The van der Waals surface area contributed by atoms with Crippen molar-refractivity contribution in [2.24, 2.45) is 10.9 Å². The van der Waals surface area contributed by atoms with Crippen molar-refractivity contribution in [1.29, 1.82) is 0 Å². The van der Waals surface area contributed by atoms with Gasteiger partial charge in [-0.15, -0.1) is 10.2 Å². The van der Waals surface area contributed by atoms with Crippen LogP contribution in [0.15, 0.2) is 29.3 Å². The van der Waals surface area contributed by atoms with Crippen molar-refractivity contribution >= 4 is 5.96 Å². The van der Waals surface area contributed by atoms with Gasteiger partial charge in [-0.2, -0.15) is 0 Å². The molecule has 2 aromatic rings. The molecule has 7 nitrogen and oxygen atoms in total. The number of guanidine groups is 1. The lowest BCUT2D eigenvalue weighted by Gasteiger charge is -2.19. The number of rotatable bonds is 10. The third-order valence-electron chi connectivity index (χ3n) is 5.68. The standard InChI is InChI=1S/C25H40N6O/c1-5-26-25(28-20(4)21-12-14-22(15-13-21)32-18-19(2)3)27-16-9-11-24-30-29-23-10-7-6-8-17-31(23)24/h12-15,19-20H,5-11,16-18H2,1-4H3,(H2,26,27,28). The lowest BCUT2D eigenvalue weighted by Crippen LogP contribution is -2.38. The number of nitrogens with one attached hydrogen (secondary N) is 2. The molecule has 1 unspecified atom stereocenters. The molecular formula is C25H40N6O. The highest BCUT2D eigenvalue weighted by Gasteiger charge is 2.14. The summed E-state index contributed by atoms with van der Waals surface area (Å²) in [6.07, 6.45) is 6.69. The zero-order valence-corrected chi connectivity index (χ0v) is 20.2. The number of fused-ring (bicyclic) bond motifs is 1. The SMILES string of the molecule is CCNC(=NCCCc1nnc2n1CCCCC2)NC(C)c1ccc(OCC(C)C)cc1. The Balaban J connectivity index is 1.50. The predicted molar refractivity (Wildman–Crippen MR) is 130 cm³/mol. The molecule has 0 amide bonds. The average molecular weight is 441 g/mol. The summed E-state index contributed by atoms with van der Waals surface area (Å²) in [6.45, 7) is 11.9. The quantitative estimate of drug-likeness (QED) is 0.327. The number of aromatic nitrogens is 3. The molecule has 3 rings (SSSR count). The van der Waals surface area contributed by atoms with Crippen LogP contribution in [0, 0.1) is 5.92 Å². The summed E-state index contributed by atoms with van der Waals surface area (Å²) in [4.78, 5) is 4.79. The van der Waals surface area contributed by atoms with E-state index < -0.39 is 0 Å². The van der Waals surface area contributed by atoms with Crippen LogP contribution in [0.5, 0.6) is 5.75 Å². The van der Waals surface area contributed by atoms with Crippen molar-refractivity contribution in [2.75, 3.05) is 19.7 Å². The molecule has 2 N–H and O–H groups in total. The second-order valence-electron chi connectivity index (χ2n) is 9.00. The highest BCUT2D eigenvalue weighted by Crippen LogP contribution is 2.18. The molecule has 0 radical (unpaired) electrons. The van der Waals surface area contributed by atoms with E-state index in [4.69, 9.17) is 9.73 Å². The lowest BCUT2D eigenvalue weighted by molar-refractivity contribution is 0.271. The van der Waals surface area contributed by atoms with Crippen molar-refractivity contribution in [3.8, 4) is 5.75 Å². The molecule has 176 valence electrons. The summed E-state index contributed by atoms with van der Waals surface area (Å²) in [5.41, 5.74) is 1.21. The maximum absolute atomic E-state index is 5.79. The third kappa shape index (κ3) is 7.24. The van der Waals surface area contributed by atoms with E-state index in [1.807, 2.05) is 12.1 Å². The van der Waals surface area contributed by atoms with E-state index in [1.54, 1.807) is 0 Å². The number of hydrogen-bond donors (Lipinski definition) is 2. The normalized spacial score (nSPS) is 15.2. The molecular weight excluding hydrogens is 400 g/mol. The van der Waals surface area contributed by atoms with Crippen LogP contribution in [-0.4, -0.2) is 40.4 Å². The minimum Gasteiger partial charge on any atom is -0.493 e. The first-order chi connectivity index (χ1) is 15.6. The Labute approximate surface area is 193 Å². The molecule has 0 aliphatic carbocycles. The fourth-order valence-electron chi connectivity index (χ4n) is 3.88. The summed E-state index contributed by atoms with van der Waals surface area (Å²) >= 11 is 0. The summed E-state index contributed by atoms with van der Waals surface area (Å²) in [5, 5.41) is 15.7. The first kappa shape index (κ1) is 24.1. The molecule has 1 aliphatic heterocycles. The number of aryl methyl sites for hydroxylation is 2. The maximum atomic E-state index is 5.79. The molecule has 1 aromatic heterocycles. The van der Waals surface area contributed by atoms with Gasteiger partial charge in [0.25, 0.3) is 0 Å². The van der Waals surface area contributed by atoms with Gasteiger partial charge in [-0.25, -0.2) is 0 Å². The molecule has 7 heteroatoms. The van der Waals surface area contributed by atoms with Gasteiger partial charge in [0.05, 0.1) is 12.6 Å². The molecule has 0 fully saturated rings. The van der Waals surface area contributed by atoms with Gasteiger partial charge in [0.1, 0.15) is 17.4 Å². The van der Waals surface area contributed by atoms with Gasteiger partial charge in [0.15, 0.2) is 5.96 Å². The van der Waals surface area contributed by atoms with Gasteiger partial charge in [0, 0.05) is 32.5 Å². The Morgan fingerprint density at radius 1 is 1.12 bits per heavy atom. The van der Waals surface area contributed by atoms with E-state index >= 15 is 0 Å². The monoisotopic (exact) mass is 440 g/mol. The molecule has 1 aliphatic rings. The van der Waals surface area contributed by atoms with Gasteiger partial charge in [-0.3, -0.25) is 4.99 Å². The molecule has 1 aromatic carbocycles. The van der Waals surface area contributed by atoms with Crippen LogP contribution in [0.1, 0.15) is 76.6 Å². The number of hydrogen-bond acceptors (Lipinski definition) is 4. The molecule has 2 heterocycles. The smallest absolute Gasteiger partial charge is 0.191 e. The van der Waals surface area contributed by atoms with Crippen LogP contribution in [0.2, 0.25) is 0 Å². The van der Waals surface area contributed by atoms with Crippen molar-refractivity contribution in [3.05, 3.63) is 41.5 Å². The Morgan fingerprint density at radius 3 is 2.69 bits per heavy atom. The minimum absolute atomic E-state index is 0.152. The van der Waals surface area contributed by atoms with Gasteiger partial charge in [0.2, 0.25) is 0 Å². The molecule has 0 bridgehead atoms. The zero-order valence-electron chi connectivity index (χ0n) is 20.2. The van der Waals surface area contributed by atoms with E-state index in [2.05, 4.69) is 65.2 Å². The van der Waals surface area contributed by atoms with E-state index in [1.165, 1.54) is 24.8 Å². The van der Waals surface area contributed by atoms with E-state index in [0.29, 0.717) is 5.92 Å². The highest BCUT2D eigenvalue weighted by atomic mass is 16.5. The van der Waals surface area contributed by atoms with Crippen molar-refractivity contribution in [1.82, 2.24) is 25.4 Å². The number of nitrogens with zero attached hydrogens (tertiary/aromatic N) is 4. The van der Waals surface area contributed by atoms with Gasteiger partial charge >= 0.3 is 0 Å². The third-order valence-corrected chi connectivity index (χ3v) is 5.68. The summed E-state index contributed by atoms with van der Waals surface area (Å²) < 4.78 is 8.12. The summed E-state index contributed by atoms with van der Waals surface area (Å²) in [5.74, 6) is 4.56. The molecule has 32 heavy (non-hydrogen) atoms. The number of benzene rings is 1. The first-order valence-electron chi connectivity index (χ1n) is 12.3. The first-order valence-corrected chi connectivity index (χ1v) is 12.3. The predicted octanol–water partition coefficient (Wildman–Crippen LogP) is 4.29. The van der Waals surface area contributed by atoms with E-state index in [-0.39, 0.29) is 6.04 Å². The fraction of sp³-hybridized carbons (Fsp3) is 0.640. The fourth-order valence-corrected chi connectivity index (χ4v) is 3.88. The van der Waals surface area contributed by atoms with Crippen LogP contribution in [0.25, 0.3) is 0 Å². The van der Waals surface area contributed by atoms with Gasteiger partial charge in [-0.05, 0) is 56.7 Å². The van der Waals surface area contributed by atoms with Gasteiger partial charge < -0.3 is 19.9 Å². The Hall–Kier alpha value is -2.57. The largest absolute Gasteiger partial charge is 0.493 e. The Kier molecular flexibility index (Phi) is 9.38. The lowest BCUT2D eigenvalue weighted by atomic mass is 10.1. The van der Waals surface area contributed by atoms with E-state index in [0.717, 1.165) is 68.9 Å². The second-order valence-corrected chi connectivity index (χ2v) is 9.00. The Morgan fingerprint density at radius 2 is 1.94 bits per heavy atom. The Bertz CT molecular complexity index is 843. The van der Waals surface area contributed by atoms with Crippen molar-refractivity contribution in [2.45, 2.75) is 78.8 Å². The van der Waals surface area contributed by atoms with Crippen LogP contribution in [0.4, 0.5) is 0 Å². The van der Waals surface area contributed by atoms with Crippen LogP contribution < -0.4 is 15.4 Å². The van der Waals surface area contributed by atoms with Crippen molar-refractivity contribution < 1.29 is 4.74 Å². The molecule has 0 saturated carbocycles. The minimum atomic E-state index is 0.152. The second kappa shape index (κ2) is 12.5. The van der Waals surface area contributed by atoms with Crippen LogP contribution in [-0.2, 0) is 19.4 Å². The van der Waals surface area contributed by atoms with E-state index in [9.17, 15) is 0 Å². The number of aliphatic imine (C=N–C) groups is 1. The summed E-state index contributed by atoms with van der Waals surface area (Å²) in [6, 6.07) is 8.48.